The van der Waals surface area contributed by atoms with Crippen molar-refractivity contribution < 1.29 is 19.1 Å². The maximum atomic E-state index is 13.6. The molecule has 1 aliphatic heterocycles. The van der Waals surface area contributed by atoms with Crippen LogP contribution in [0.15, 0.2) is 65.9 Å². The van der Waals surface area contributed by atoms with Crippen LogP contribution >= 0.6 is 0 Å². The predicted octanol–water partition coefficient (Wildman–Crippen LogP) is 2.40. The van der Waals surface area contributed by atoms with Crippen molar-refractivity contribution in [2.24, 2.45) is 0 Å². The third-order valence-electron chi connectivity index (χ3n) is 4.69. The van der Waals surface area contributed by atoms with E-state index in [4.69, 9.17) is 9.47 Å². The Hall–Kier alpha value is -4.01. The minimum atomic E-state index is -0.703. The summed E-state index contributed by atoms with van der Waals surface area (Å²) in [6.07, 6.45) is 0. The fourth-order valence-corrected chi connectivity index (χ4v) is 3.36. The van der Waals surface area contributed by atoms with Crippen molar-refractivity contribution in [2.45, 2.75) is 13.0 Å². The van der Waals surface area contributed by atoms with Gasteiger partial charge in [-0.3, -0.25) is 4.79 Å². The third kappa shape index (κ3) is 3.41. The fourth-order valence-electron chi connectivity index (χ4n) is 3.36. The molecule has 152 valence electrons. The molecule has 1 N–H and O–H groups in total. The van der Waals surface area contributed by atoms with Gasteiger partial charge in [0.15, 0.2) is 5.78 Å². The number of hydrogen-bond acceptors (Lipinski definition) is 8. The van der Waals surface area contributed by atoms with Crippen molar-refractivity contribution in [3.8, 4) is 5.75 Å². The summed E-state index contributed by atoms with van der Waals surface area (Å²) >= 11 is 0. The Balaban J connectivity index is 1.87. The average molecular weight is 405 g/mol. The van der Waals surface area contributed by atoms with Crippen LogP contribution in [-0.4, -0.2) is 45.7 Å². The number of aromatic nitrogens is 4. The van der Waals surface area contributed by atoms with Gasteiger partial charge in [-0.25, -0.2) is 4.79 Å². The van der Waals surface area contributed by atoms with Crippen LogP contribution in [0.2, 0.25) is 0 Å². The molecule has 0 spiro atoms. The van der Waals surface area contributed by atoms with E-state index >= 15 is 0 Å². The van der Waals surface area contributed by atoms with Gasteiger partial charge < -0.3 is 14.8 Å². The number of ether oxygens (including phenoxy) is 2. The summed E-state index contributed by atoms with van der Waals surface area (Å²) in [6, 6.07) is 15.3. The number of tetrazole rings is 1. The second-order valence-corrected chi connectivity index (χ2v) is 6.45. The van der Waals surface area contributed by atoms with Gasteiger partial charge in [-0.05, 0) is 47.2 Å². The molecule has 0 fully saturated rings. The number of rotatable bonds is 6. The topological polar surface area (TPSA) is 108 Å². The monoisotopic (exact) mass is 405 g/mol. The van der Waals surface area contributed by atoms with Crippen LogP contribution in [0.4, 0.5) is 5.95 Å². The molecule has 3 aromatic rings. The van der Waals surface area contributed by atoms with Crippen molar-refractivity contribution in [3.63, 3.8) is 0 Å². The minimum absolute atomic E-state index is 0.00698. The maximum Gasteiger partial charge on any atom is 0.355 e. The first-order valence-electron chi connectivity index (χ1n) is 9.34. The zero-order chi connectivity index (χ0) is 21.1. The Kier molecular flexibility index (Phi) is 5.25. The number of methoxy groups -OCH3 is 1. The molecule has 2 heterocycles. The highest BCUT2D eigenvalue weighted by Gasteiger charge is 2.38. The molecular weight excluding hydrogens is 386 g/mol. The first-order chi connectivity index (χ1) is 14.6. The van der Waals surface area contributed by atoms with E-state index in [1.165, 1.54) is 11.8 Å². The molecule has 30 heavy (non-hydrogen) atoms. The summed E-state index contributed by atoms with van der Waals surface area (Å²) in [6.45, 7) is 2.40. The van der Waals surface area contributed by atoms with Crippen LogP contribution in [0.25, 0.3) is 0 Å². The second-order valence-electron chi connectivity index (χ2n) is 6.45. The van der Waals surface area contributed by atoms with E-state index in [0.717, 1.165) is 5.56 Å². The van der Waals surface area contributed by atoms with Crippen molar-refractivity contribution in [1.82, 2.24) is 20.2 Å². The molecule has 0 bridgehead atoms. The summed E-state index contributed by atoms with van der Waals surface area (Å²) in [4.78, 5) is 26.2. The largest absolute Gasteiger partial charge is 0.494 e. The smallest absolute Gasteiger partial charge is 0.355 e. The minimum Gasteiger partial charge on any atom is -0.494 e. The van der Waals surface area contributed by atoms with Crippen LogP contribution in [0.1, 0.15) is 28.9 Å². The number of ketones is 1. The lowest BCUT2D eigenvalue weighted by Gasteiger charge is -2.28. The second kappa shape index (κ2) is 8.16. The zero-order valence-corrected chi connectivity index (χ0v) is 16.4. The molecule has 0 amide bonds. The molecule has 9 heteroatoms. The summed E-state index contributed by atoms with van der Waals surface area (Å²) < 4.78 is 11.8. The highest BCUT2D eigenvalue weighted by Crippen LogP contribution is 2.36. The predicted molar refractivity (Wildman–Crippen MR) is 107 cm³/mol. The molecule has 0 saturated carbocycles. The van der Waals surface area contributed by atoms with E-state index in [-0.39, 0.29) is 23.0 Å². The normalized spacial score (nSPS) is 15.2. The molecular formula is C21H19N5O4. The summed E-state index contributed by atoms with van der Waals surface area (Å²) in [5.74, 6) is -0.131. The van der Waals surface area contributed by atoms with Crippen LogP contribution in [-0.2, 0) is 9.53 Å². The molecule has 0 radical (unpaired) electrons. The Morgan fingerprint density at radius 1 is 1.10 bits per heavy atom. The molecule has 4 rings (SSSR count). The number of fused-ring (bicyclic) bond motifs is 1. The summed E-state index contributed by atoms with van der Waals surface area (Å²) in [7, 11) is 1.26. The number of hydrogen-bond donors (Lipinski definition) is 1. The van der Waals surface area contributed by atoms with Crippen LogP contribution < -0.4 is 10.1 Å². The number of Topliss-reactive ketones (excluding diaryl/α,β-unsaturated/α-hetero) is 1. The lowest BCUT2D eigenvalue weighted by molar-refractivity contribution is -0.136. The zero-order valence-electron chi connectivity index (χ0n) is 16.4. The molecule has 2 aromatic carbocycles. The third-order valence-corrected chi connectivity index (χ3v) is 4.69. The first kappa shape index (κ1) is 19.3. The van der Waals surface area contributed by atoms with Gasteiger partial charge in [-0.15, -0.1) is 0 Å². The van der Waals surface area contributed by atoms with Gasteiger partial charge in [0.05, 0.1) is 19.3 Å². The first-order valence-corrected chi connectivity index (χ1v) is 9.34. The molecule has 0 unspecified atom stereocenters. The number of anilines is 1. The Morgan fingerprint density at radius 2 is 1.83 bits per heavy atom. The van der Waals surface area contributed by atoms with Crippen molar-refractivity contribution in [1.29, 1.82) is 0 Å². The van der Waals surface area contributed by atoms with Gasteiger partial charge in [-0.2, -0.15) is 4.68 Å². The number of esters is 1. The van der Waals surface area contributed by atoms with Gasteiger partial charge in [0.25, 0.3) is 0 Å². The maximum absolute atomic E-state index is 13.6. The lowest BCUT2D eigenvalue weighted by Crippen LogP contribution is -2.32. The van der Waals surface area contributed by atoms with Crippen LogP contribution in [0, 0.1) is 0 Å². The standard InChI is InChI=1S/C21H19N5O4/c1-3-30-15-11-9-14(10-12-15)19(27)16-17(20(28)29-2)22-21-23-24-25-26(21)18(16)13-7-5-4-6-8-13/h4-12,18H,3H2,1-2H3,(H,22,23,25)/t18-/m1/s1. The molecule has 0 aliphatic carbocycles. The quantitative estimate of drug-likeness (QED) is 0.492. The highest BCUT2D eigenvalue weighted by molar-refractivity contribution is 6.14. The Labute approximate surface area is 172 Å². The van der Waals surface area contributed by atoms with Gasteiger partial charge in [0.1, 0.15) is 17.5 Å². The van der Waals surface area contributed by atoms with Crippen molar-refractivity contribution in [2.75, 3.05) is 19.0 Å². The molecule has 1 atom stereocenters. The van der Waals surface area contributed by atoms with E-state index in [1.807, 2.05) is 37.3 Å². The average Bonchev–Trinajstić information content (AvgIpc) is 3.26. The Morgan fingerprint density at radius 3 is 2.50 bits per heavy atom. The van der Waals surface area contributed by atoms with Crippen molar-refractivity contribution in [3.05, 3.63) is 77.0 Å². The van der Waals surface area contributed by atoms with E-state index in [1.54, 1.807) is 24.3 Å². The van der Waals surface area contributed by atoms with Gasteiger partial charge in [-0.1, -0.05) is 35.4 Å². The molecule has 1 aromatic heterocycles. The number of allylic oxidation sites excluding steroid dienone is 1. The van der Waals surface area contributed by atoms with Crippen molar-refractivity contribution >= 4 is 17.7 Å². The molecule has 9 nitrogen and oxygen atoms in total. The van der Waals surface area contributed by atoms with E-state index in [0.29, 0.717) is 17.9 Å². The fraction of sp³-hybridized carbons (Fsp3) is 0.190. The van der Waals surface area contributed by atoms with Crippen LogP contribution in [0.3, 0.4) is 0 Å². The molecule has 1 aliphatic rings. The van der Waals surface area contributed by atoms with Gasteiger partial charge >= 0.3 is 5.97 Å². The number of benzene rings is 2. The summed E-state index contributed by atoms with van der Waals surface area (Å²) in [5, 5.41) is 14.5. The van der Waals surface area contributed by atoms with Gasteiger partial charge in [0, 0.05) is 5.56 Å². The molecule has 0 saturated heterocycles. The SMILES string of the molecule is CCOc1ccc(C(=O)C2=C(C(=O)OC)Nc3nnnn3[C@@H]2c2ccccc2)cc1. The number of nitrogens with zero attached hydrogens (tertiary/aromatic N) is 4. The van der Waals surface area contributed by atoms with E-state index < -0.39 is 12.0 Å². The number of carbonyl (C=O) groups excluding carboxylic acids is 2. The van der Waals surface area contributed by atoms with Gasteiger partial charge in [0.2, 0.25) is 5.95 Å². The van der Waals surface area contributed by atoms with Crippen LogP contribution in [0.5, 0.6) is 5.75 Å². The Bertz CT molecular complexity index is 1110. The number of carbonyl (C=O) groups is 2. The number of nitrogens with one attached hydrogen (secondary N) is 1. The van der Waals surface area contributed by atoms with E-state index in [9.17, 15) is 9.59 Å². The summed E-state index contributed by atoms with van der Waals surface area (Å²) in [5.41, 5.74) is 1.35. The lowest BCUT2D eigenvalue weighted by atomic mass is 9.89. The van der Waals surface area contributed by atoms with E-state index in [2.05, 4.69) is 20.8 Å². The highest BCUT2D eigenvalue weighted by atomic mass is 16.5.